The summed E-state index contributed by atoms with van der Waals surface area (Å²) >= 11 is 1.63. The van der Waals surface area contributed by atoms with Gasteiger partial charge in [0.05, 0.1) is 5.69 Å². The molecule has 1 aromatic carbocycles. The molecule has 2 aromatic rings. The summed E-state index contributed by atoms with van der Waals surface area (Å²) in [5, 5.41) is 1.17. The molecule has 1 heterocycles. The van der Waals surface area contributed by atoms with E-state index < -0.39 is 0 Å². The largest absolute Gasteiger partial charge is 0.301 e. The molecule has 0 spiro atoms. The zero-order valence-electron chi connectivity index (χ0n) is 13.1. The Morgan fingerprint density at radius 1 is 1.29 bits per heavy atom. The second kappa shape index (κ2) is 6.94. The third-order valence-electron chi connectivity index (χ3n) is 3.74. The van der Waals surface area contributed by atoms with Gasteiger partial charge in [-0.05, 0) is 31.4 Å². The number of benzene rings is 1. The molecule has 0 saturated carbocycles. The fourth-order valence-electron chi connectivity index (χ4n) is 2.05. The van der Waals surface area contributed by atoms with E-state index in [0.717, 1.165) is 17.3 Å². The van der Waals surface area contributed by atoms with Crippen molar-refractivity contribution in [1.82, 2.24) is 9.97 Å². The number of hydrogen-bond acceptors (Lipinski definition) is 3. The maximum Gasteiger partial charge on any atom is 0.254 e. The Hall–Kier alpha value is -1.55. The standard InChI is InChI=1S/C17H22N2OS/c1-5-12(3)21-17-18-15(13(4)16(20)19-17)10-14-9-7-6-8-11(14)2/h6-9,12H,5,10H2,1-4H3,(H,18,19,20). The number of aryl methyl sites for hydroxylation is 1. The van der Waals surface area contributed by atoms with Crippen molar-refractivity contribution in [3.05, 3.63) is 57.0 Å². The number of nitrogens with zero attached hydrogens (tertiary/aromatic N) is 1. The van der Waals surface area contributed by atoms with Crippen molar-refractivity contribution < 1.29 is 0 Å². The Morgan fingerprint density at radius 2 is 2.00 bits per heavy atom. The fourth-order valence-corrected chi connectivity index (χ4v) is 2.91. The Balaban J connectivity index is 2.34. The summed E-state index contributed by atoms with van der Waals surface area (Å²) in [6, 6.07) is 8.24. The number of nitrogens with one attached hydrogen (secondary N) is 1. The van der Waals surface area contributed by atoms with Crippen LogP contribution in [-0.4, -0.2) is 15.2 Å². The molecule has 0 aliphatic carbocycles. The van der Waals surface area contributed by atoms with E-state index in [4.69, 9.17) is 0 Å². The monoisotopic (exact) mass is 302 g/mol. The number of H-pyrrole nitrogens is 1. The molecule has 0 saturated heterocycles. The van der Waals surface area contributed by atoms with Gasteiger partial charge in [-0.1, -0.05) is 49.9 Å². The molecule has 112 valence electrons. The van der Waals surface area contributed by atoms with Crippen LogP contribution in [0.4, 0.5) is 0 Å². The van der Waals surface area contributed by atoms with Gasteiger partial charge in [-0.2, -0.15) is 0 Å². The van der Waals surface area contributed by atoms with E-state index in [1.165, 1.54) is 11.1 Å². The van der Waals surface area contributed by atoms with Crippen LogP contribution in [0.15, 0.2) is 34.2 Å². The van der Waals surface area contributed by atoms with Crippen molar-refractivity contribution in [2.24, 2.45) is 0 Å². The normalized spacial score (nSPS) is 12.4. The maximum absolute atomic E-state index is 12.1. The topological polar surface area (TPSA) is 45.8 Å². The minimum absolute atomic E-state index is 0.0283. The lowest BCUT2D eigenvalue weighted by Gasteiger charge is -2.11. The summed E-state index contributed by atoms with van der Waals surface area (Å²) in [7, 11) is 0. The number of thioether (sulfide) groups is 1. The van der Waals surface area contributed by atoms with Gasteiger partial charge >= 0.3 is 0 Å². The first kappa shape index (κ1) is 15.8. The fraction of sp³-hybridized carbons (Fsp3) is 0.412. The van der Waals surface area contributed by atoms with Crippen LogP contribution >= 0.6 is 11.8 Å². The van der Waals surface area contributed by atoms with E-state index in [1.54, 1.807) is 11.8 Å². The minimum Gasteiger partial charge on any atom is -0.301 e. The van der Waals surface area contributed by atoms with E-state index in [2.05, 4.69) is 42.9 Å². The molecule has 0 aliphatic heterocycles. The van der Waals surface area contributed by atoms with Crippen LogP contribution in [0.1, 0.15) is 42.7 Å². The van der Waals surface area contributed by atoms with Crippen LogP contribution in [-0.2, 0) is 6.42 Å². The van der Waals surface area contributed by atoms with Crippen molar-refractivity contribution in [2.75, 3.05) is 0 Å². The molecular formula is C17H22N2OS. The summed E-state index contributed by atoms with van der Waals surface area (Å²) in [6.07, 6.45) is 1.76. The van der Waals surface area contributed by atoms with Crippen molar-refractivity contribution in [2.45, 2.75) is 50.9 Å². The molecule has 0 aliphatic rings. The van der Waals surface area contributed by atoms with Gasteiger partial charge in [0.25, 0.3) is 5.56 Å². The molecule has 0 fully saturated rings. The third-order valence-corrected chi connectivity index (χ3v) is 4.89. The van der Waals surface area contributed by atoms with Crippen molar-refractivity contribution in [3.63, 3.8) is 0 Å². The van der Waals surface area contributed by atoms with Crippen LogP contribution in [0, 0.1) is 13.8 Å². The first-order valence-electron chi connectivity index (χ1n) is 7.32. The van der Waals surface area contributed by atoms with E-state index in [1.807, 2.05) is 19.1 Å². The highest BCUT2D eigenvalue weighted by molar-refractivity contribution is 7.99. The van der Waals surface area contributed by atoms with Crippen LogP contribution in [0.2, 0.25) is 0 Å². The Kier molecular flexibility index (Phi) is 5.23. The summed E-state index contributed by atoms with van der Waals surface area (Å²) < 4.78 is 0. The zero-order chi connectivity index (χ0) is 15.4. The second-order valence-corrected chi connectivity index (χ2v) is 6.81. The lowest BCUT2D eigenvalue weighted by Crippen LogP contribution is -2.17. The van der Waals surface area contributed by atoms with Crippen LogP contribution in [0.25, 0.3) is 0 Å². The maximum atomic E-state index is 12.1. The lowest BCUT2D eigenvalue weighted by molar-refractivity contribution is 0.838. The quantitative estimate of drug-likeness (QED) is 0.673. The van der Waals surface area contributed by atoms with Crippen LogP contribution in [0.5, 0.6) is 0 Å². The van der Waals surface area contributed by atoms with Gasteiger partial charge < -0.3 is 4.98 Å². The summed E-state index contributed by atoms with van der Waals surface area (Å²) in [5.41, 5.74) is 4.01. The molecule has 3 nitrogen and oxygen atoms in total. The average molecular weight is 302 g/mol. The van der Waals surface area contributed by atoms with E-state index in [9.17, 15) is 4.79 Å². The molecule has 1 atom stereocenters. The molecule has 1 unspecified atom stereocenters. The molecule has 1 N–H and O–H groups in total. The van der Waals surface area contributed by atoms with E-state index in [0.29, 0.717) is 17.2 Å². The first-order valence-corrected chi connectivity index (χ1v) is 8.20. The van der Waals surface area contributed by atoms with Crippen LogP contribution < -0.4 is 5.56 Å². The molecule has 0 amide bonds. The van der Waals surface area contributed by atoms with Gasteiger partial charge in [0.2, 0.25) is 0 Å². The van der Waals surface area contributed by atoms with Crippen molar-refractivity contribution in [3.8, 4) is 0 Å². The van der Waals surface area contributed by atoms with Crippen molar-refractivity contribution in [1.29, 1.82) is 0 Å². The SMILES string of the molecule is CCC(C)Sc1nc(Cc2ccccc2C)c(C)c(=O)[nH]1. The molecular weight excluding hydrogens is 280 g/mol. The summed E-state index contributed by atoms with van der Waals surface area (Å²) in [6.45, 7) is 8.22. The zero-order valence-corrected chi connectivity index (χ0v) is 13.9. The van der Waals surface area contributed by atoms with Gasteiger partial charge in [-0.25, -0.2) is 4.98 Å². The van der Waals surface area contributed by atoms with E-state index >= 15 is 0 Å². The molecule has 0 radical (unpaired) electrons. The number of hydrogen-bond donors (Lipinski definition) is 1. The number of aromatic nitrogens is 2. The van der Waals surface area contributed by atoms with Crippen molar-refractivity contribution >= 4 is 11.8 Å². The number of aromatic amines is 1. The Labute approximate surface area is 130 Å². The van der Waals surface area contributed by atoms with Gasteiger partial charge in [0.1, 0.15) is 0 Å². The highest BCUT2D eigenvalue weighted by Crippen LogP contribution is 2.22. The predicted octanol–water partition coefficient (Wildman–Crippen LogP) is 3.87. The molecule has 2 rings (SSSR count). The lowest BCUT2D eigenvalue weighted by atomic mass is 10.0. The molecule has 0 bridgehead atoms. The van der Waals surface area contributed by atoms with Gasteiger partial charge in [-0.3, -0.25) is 4.79 Å². The van der Waals surface area contributed by atoms with Gasteiger partial charge in [0, 0.05) is 17.2 Å². The minimum atomic E-state index is -0.0283. The first-order chi connectivity index (χ1) is 10.0. The molecule has 4 heteroatoms. The van der Waals surface area contributed by atoms with E-state index in [-0.39, 0.29) is 5.56 Å². The Morgan fingerprint density at radius 3 is 2.67 bits per heavy atom. The Bertz CT molecular complexity index is 679. The average Bonchev–Trinajstić information content (AvgIpc) is 2.46. The van der Waals surface area contributed by atoms with Gasteiger partial charge in [-0.15, -0.1) is 0 Å². The highest BCUT2D eigenvalue weighted by Gasteiger charge is 2.11. The second-order valence-electron chi connectivity index (χ2n) is 5.38. The summed E-state index contributed by atoms with van der Waals surface area (Å²) in [4.78, 5) is 19.6. The molecule has 1 aromatic heterocycles. The molecule has 21 heavy (non-hydrogen) atoms. The highest BCUT2D eigenvalue weighted by atomic mass is 32.2. The number of rotatable bonds is 5. The third kappa shape index (κ3) is 3.97. The smallest absolute Gasteiger partial charge is 0.254 e. The summed E-state index contributed by atoms with van der Waals surface area (Å²) in [5.74, 6) is 0. The predicted molar refractivity (Wildman–Crippen MR) is 89.2 cm³/mol. The van der Waals surface area contributed by atoms with Crippen LogP contribution in [0.3, 0.4) is 0 Å². The van der Waals surface area contributed by atoms with Gasteiger partial charge in [0.15, 0.2) is 5.16 Å².